The van der Waals surface area contributed by atoms with Gasteiger partial charge >= 0.3 is 5.97 Å². The van der Waals surface area contributed by atoms with Crippen molar-refractivity contribution in [2.24, 2.45) is 0 Å². The first-order chi connectivity index (χ1) is 14.8. The molecule has 1 fully saturated rings. The highest BCUT2D eigenvalue weighted by Gasteiger charge is 2.26. The monoisotopic (exact) mass is 423 g/mol. The molecule has 0 aliphatic carbocycles. The predicted octanol–water partition coefficient (Wildman–Crippen LogP) is 5.22. The van der Waals surface area contributed by atoms with Gasteiger partial charge in [0.1, 0.15) is 6.10 Å². The smallest absolute Gasteiger partial charge is 0.309 e. The summed E-state index contributed by atoms with van der Waals surface area (Å²) >= 11 is 0. The molecule has 2 unspecified atom stereocenters. The topological polar surface area (TPSA) is 68.7 Å². The zero-order chi connectivity index (χ0) is 22.5. The minimum atomic E-state index is -0.667. The van der Waals surface area contributed by atoms with Crippen molar-refractivity contribution < 1.29 is 19.4 Å². The Labute approximate surface area is 185 Å². The summed E-state index contributed by atoms with van der Waals surface area (Å²) in [5, 5.41) is 9.97. The Morgan fingerprint density at radius 2 is 1.84 bits per heavy atom. The standard InChI is InChI=1S/C26H33NO4/c1-16(2)25-21(12-11-20-13-19(28)14-23(29)31-20)24(18-9-7-6-8-10-18)22(15-30-5)26(27-25)17(3)4/h6-12,16-17,19-20,28H,13-15H2,1-5H3. The molecule has 0 radical (unpaired) electrons. The first-order valence-electron chi connectivity index (χ1n) is 11.0. The number of carbonyl (C=O) groups is 1. The first kappa shape index (κ1) is 23.2. The Bertz CT molecular complexity index is 934. The quantitative estimate of drug-likeness (QED) is 0.618. The molecule has 0 bridgehead atoms. The molecule has 5 heteroatoms. The number of cyclic esters (lactones) is 1. The number of pyridine rings is 1. The van der Waals surface area contributed by atoms with Crippen LogP contribution in [0, 0.1) is 0 Å². The molecule has 1 saturated heterocycles. The normalized spacial score (nSPS) is 19.4. The van der Waals surface area contributed by atoms with Gasteiger partial charge in [0.25, 0.3) is 0 Å². The van der Waals surface area contributed by atoms with E-state index in [4.69, 9.17) is 14.5 Å². The molecular formula is C26H33NO4. The highest BCUT2D eigenvalue weighted by molar-refractivity contribution is 5.80. The van der Waals surface area contributed by atoms with Crippen LogP contribution in [-0.4, -0.2) is 35.4 Å². The van der Waals surface area contributed by atoms with Gasteiger partial charge in [-0.15, -0.1) is 0 Å². The summed E-state index contributed by atoms with van der Waals surface area (Å²) in [4.78, 5) is 16.9. The Hall–Kier alpha value is -2.50. The molecule has 1 aliphatic rings. The van der Waals surface area contributed by atoms with Crippen LogP contribution in [0.1, 0.15) is 74.9 Å². The van der Waals surface area contributed by atoms with Crippen molar-refractivity contribution in [3.05, 3.63) is 58.9 Å². The molecule has 1 aliphatic heterocycles. The summed E-state index contributed by atoms with van der Waals surface area (Å²) < 4.78 is 11.0. The second kappa shape index (κ2) is 10.2. The van der Waals surface area contributed by atoms with Crippen molar-refractivity contribution in [2.75, 3.05) is 7.11 Å². The van der Waals surface area contributed by atoms with Gasteiger partial charge < -0.3 is 14.6 Å². The second-order valence-corrected chi connectivity index (χ2v) is 8.74. The van der Waals surface area contributed by atoms with Gasteiger partial charge in [0, 0.05) is 30.4 Å². The fourth-order valence-electron chi connectivity index (χ4n) is 4.12. The number of hydrogen-bond acceptors (Lipinski definition) is 5. The van der Waals surface area contributed by atoms with Crippen molar-refractivity contribution in [3.8, 4) is 11.1 Å². The summed E-state index contributed by atoms with van der Waals surface area (Å²) in [5.41, 5.74) is 6.33. The second-order valence-electron chi connectivity index (χ2n) is 8.74. The first-order valence-corrected chi connectivity index (χ1v) is 11.0. The number of benzene rings is 1. The van der Waals surface area contributed by atoms with E-state index in [0.29, 0.717) is 13.0 Å². The number of esters is 1. The van der Waals surface area contributed by atoms with E-state index >= 15 is 0 Å². The third-order valence-electron chi connectivity index (χ3n) is 5.51. The average molecular weight is 424 g/mol. The van der Waals surface area contributed by atoms with Gasteiger partial charge in [-0.25, -0.2) is 0 Å². The highest BCUT2D eigenvalue weighted by Crippen LogP contribution is 2.38. The van der Waals surface area contributed by atoms with Crippen LogP contribution in [0.25, 0.3) is 17.2 Å². The number of ether oxygens (including phenoxy) is 2. The van der Waals surface area contributed by atoms with Crippen LogP contribution in [-0.2, 0) is 20.9 Å². The minimum Gasteiger partial charge on any atom is -0.458 e. The molecule has 3 rings (SSSR count). The van der Waals surface area contributed by atoms with Gasteiger partial charge in [0.2, 0.25) is 0 Å². The fraction of sp³-hybridized carbons (Fsp3) is 0.462. The lowest BCUT2D eigenvalue weighted by atomic mass is 9.87. The van der Waals surface area contributed by atoms with Gasteiger partial charge in [-0.05, 0) is 29.0 Å². The van der Waals surface area contributed by atoms with Gasteiger partial charge in [-0.2, -0.15) is 0 Å². The van der Waals surface area contributed by atoms with E-state index < -0.39 is 12.2 Å². The van der Waals surface area contributed by atoms with Crippen LogP contribution in [0.15, 0.2) is 36.4 Å². The lowest BCUT2D eigenvalue weighted by molar-refractivity contribution is -0.156. The van der Waals surface area contributed by atoms with Crippen LogP contribution in [0.4, 0.5) is 0 Å². The van der Waals surface area contributed by atoms with Crippen molar-refractivity contribution in [1.29, 1.82) is 0 Å². The number of carbonyl (C=O) groups excluding carboxylic acids is 1. The number of aliphatic hydroxyl groups is 1. The molecule has 1 aromatic heterocycles. The van der Waals surface area contributed by atoms with Gasteiger partial charge in [-0.3, -0.25) is 9.78 Å². The zero-order valence-electron chi connectivity index (χ0n) is 19.1. The third-order valence-corrected chi connectivity index (χ3v) is 5.51. The molecule has 1 N–H and O–H groups in total. The maximum atomic E-state index is 11.8. The van der Waals surface area contributed by atoms with Gasteiger partial charge in [0.05, 0.1) is 24.8 Å². The summed E-state index contributed by atoms with van der Waals surface area (Å²) in [5.74, 6) is 0.0856. The van der Waals surface area contributed by atoms with Gasteiger partial charge in [-0.1, -0.05) is 64.1 Å². The molecule has 166 valence electrons. The Morgan fingerprint density at radius 1 is 1.16 bits per heavy atom. The molecule has 5 nitrogen and oxygen atoms in total. The fourth-order valence-corrected chi connectivity index (χ4v) is 4.12. The van der Waals surface area contributed by atoms with E-state index in [1.54, 1.807) is 7.11 Å². The zero-order valence-corrected chi connectivity index (χ0v) is 19.1. The largest absolute Gasteiger partial charge is 0.458 e. The number of methoxy groups -OCH3 is 1. The van der Waals surface area contributed by atoms with Crippen LogP contribution in [0.2, 0.25) is 0 Å². The maximum Gasteiger partial charge on any atom is 0.309 e. The van der Waals surface area contributed by atoms with E-state index in [0.717, 1.165) is 33.6 Å². The Kier molecular flexibility index (Phi) is 7.63. The molecule has 0 saturated carbocycles. The van der Waals surface area contributed by atoms with E-state index in [9.17, 15) is 9.90 Å². The number of hydrogen-bond donors (Lipinski definition) is 1. The molecule has 1 aromatic carbocycles. The van der Waals surface area contributed by atoms with Crippen molar-refractivity contribution in [2.45, 2.75) is 71.2 Å². The molecule has 0 spiro atoms. The van der Waals surface area contributed by atoms with Crippen LogP contribution >= 0.6 is 0 Å². The van der Waals surface area contributed by atoms with Crippen molar-refractivity contribution >= 4 is 12.0 Å². The lowest BCUT2D eigenvalue weighted by Crippen LogP contribution is -2.31. The summed E-state index contributed by atoms with van der Waals surface area (Å²) in [6, 6.07) is 10.3. The highest BCUT2D eigenvalue weighted by atomic mass is 16.5. The summed E-state index contributed by atoms with van der Waals surface area (Å²) in [6.07, 6.45) is 3.22. The van der Waals surface area contributed by atoms with Crippen LogP contribution in [0.5, 0.6) is 0 Å². The van der Waals surface area contributed by atoms with Crippen LogP contribution in [0.3, 0.4) is 0 Å². The van der Waals surface area contributed by atoms with Crippen molar-refractivity contribution in [3.63, 3.8) is 0 Å². The Morgan fingerprint density at radius 3 is 2.42 bits per heavy atom. The SMILES string of the molecule is COCc1c(C(C)C)nc(C(C)C)c(C=CC2CC(O)CC(=O)O2)c1-c1ccccc1. The molecule has 2 aromatic rings. The van der Waals surface area contributed by atoms with E-state index in [2.05, 4.69) is 39.8 Å². The number of aliphatic hydroxyl groups excluding tert-OH is 1. The van der Waals surface area contributed by atoms with E-state index in [1.807, 2.05) is 30.4 Å². The van der Waals surface area contributed by atoms with E-state index in [1.165, 1.54) is 0 Å². The minimum absolute atomic E-state index is 0.0550. The Balaban J connectivity index is 2.23. The predicted molar refractivity (Wildman–Crippen MR) is 123 cm³/mol. The number of nitrogens with zero attached hydrogens (tertiary/aromatic N) is 1. The number of aromatic nitrogens is 1. The van der Waals surface area contributed by atoms with E-state index in [-0.39, 0.29) is 24.2 Å². The van der Waals surface area contributed by atoms with Crippen LogP contribution < -0.4 is 0 Å². The molecule has 0 amide bonds. The number of rotatable bonds is 7. The molecule has 31 heavy (non-hydrogen) atoms. The summed E-state index contributed by atoms with van der Waals surface area (Å²) in [7, 11) is 1.70. The lowest BCUT2D eigenvalue weighted by Gasteiger charge is -2.25. The maximum absolute atomic E-state index is 11.8. The summed E-state index contributed by atoms with van der Waals surface area (Å²) in [6.45, 7) is 9.04. The third kappa shape index (κ3) is 5.41. The average Bonchev–Trinajstić information content (AvgIpc) is 2.71. The molecular weight excluding hydrogens is 390 g/mol. The van der Waals surface area contributed by atoms with Gasteiger partial charge in [0.15, 0.2) is 0 Å². The van der Waals surface area contributed by atoms with Crippen molar-refractivity contribution in [1.82, 2.24) is 4.98 Å². The molecule has 2 heterocycles. The molecule has 2 atom stereocenters.